The monoisotopic (exact) mass is 525 g/mol. The fourth-order valence-corrected chi connectivity index (χ4v) is 5.62. The summed E-state index contributed by atoms with van der Waals surface area (Å²) in [4.78, 5) is 14.8. The van der Waals surface area contributed by atoms with E-state index < -0.39 is 0 Å². The van der Waals surface area contributed by atoms with Crippen LogP contribution in [0.1, 0.15) is 0 Å². The third-order valence-electron chi connectivity index (χ3n) is 7.53. The van der Waals surface area contributed by atoms with E-state index in [2.05, 4.69) is 66.7 Å². The van der Waals surface area contributed by atoms with Crippen molar-refractivity contribution in [3.8, 4) is 45.3 Å². The number of rotatable bonds is 4. The first-order valence-corrected chi connectivity index (χ1v) is 13.6. The Kier molecular flexibility index (Phi) is 5.42. The predicted octanol–water partition coefficient (Wildman–Crippen LogP) is 9.59. The van der Waals surface area contributed by atoms with Crippen molar-refractivity contribution in [1.82, 2.24) is 15.0 Å². The first kappa shape index (κ1) is 23.3. The highest BCUT2D eigenvalue weighted by atomic mass is 16.3. The maximum Gasteiger partial charge on any atom is 0.167 e. The van der Waals surface area contributed by atoms with Crippen LogP contribution in [0.15, 0.2) is 144 Å². The molecule has 2 heterocycles. The minimum Gasteiger partial charge on any atom is -0.455 e. The number of benzene rings is 6. The topological polar surface area (TPSA) is 51.8 Å². The molecule has 4 nitrogen and oxygen atoms in total. The number of hydrogen-bond donors (Lipinski definition) is 0. The van der Waals surface area contributed by atoms with Crippen LogP contribution in [0.5, 0.6) is 0 Å². The predicted molar refractivity (Wildman–Crippen MR) is 166 cm³/mol. The van der Waals surface area contributed by atoms with Gasteiger partial charge in [0.25, 0.3) is 0 Å². The second-order valence-corrected chi connectivity index (χ2v) is 10.0. The fourth-order valence-electron chi connectivity index (χ4n) is 5.62. The Hall–Kier alpha value is -5.61. The van der Waals surface area contributed by atoms with Gasteiger partial charge in [0.1, 0.15) is 11.2 Å². The van der Waals surface area contributed by atoms with E-state index in [0.717, 1.165) is 55.1 Å². The van der Waals surface area contributed by atoms with Gasteiger partial charge < -0.3 is 4.42 Å². The molecule has 0 radical (unpaired) electrons. The summed E-state index contributed by atoms with van der Waals surface area (Å²) in [6, 6.07) is 47.4. The molecule has 0 aliphatic carbocycles. The van der Waals surface area contributed by atoms with Gasteiger partial charge in [-0.1, -0.05) is 127 Å². The van der Waals surface area contributed by atoms with Gasteiger partial charge in [0.05, 0.1) is 5.56 Å². The van der Waals surface area contributed by atoms with Gasteiger partial charge in [-0.05, 0) is 34.0 Å². The number of para-hydroxylation sites is 1. The van der Waals surface area contributed by atoms with Crippen LogP contribution in [0.2, 0.25) is 0 Å². The molecule has 0 unspecified atom stereocenters. The molecule has 0 fully saturated rings. The normalized spacial score (nSPS) is 11.4. The highest BCUT2D eigenvalue weighted by Gasteiger charge is 2.20. The lowest BCUT2D eigenvalue weighted by Gasteiger charge is -2.08. The molecule has 0 N–H and O–H groups in total. The first-order chi connectivity index (χ1) is 20.3. The molecule has 2 aromatic heterocycles. The fraction of sp³-hybridized carbons (Fsp3) is 0. The van der Waals surface area contributed by atoms with E-state index in [4.69, 9.17) is 19.4 Å². The third kappa shape index (κ3) is 3.97. The molecule has 41 heavy (non-hydrogen) atoms. The molecule has 0 aliphatic rings. The highest BCUT2D eigenvalue weighted by Crippen LogP contribution is 2.42. The lowest BCUT2D eigenvalue weighted by molar-refractivity contribution is 0.670. The molecule has 192 valence electrons. The average Bonchev–Trinajstić information content (AvgIpc) is 3.44. The Morgan fingerprint density at radius 1 is 0.390 bits per heavy atom. The van der Waals surface area contributed by atoms with Crippen LogP contribution in [0.25, 0.3) is 78.0 Å². The minimum atomic E-state index is 0.579. The maximum atomic E-state index is 6.70. The van der Waals surface area contributed by atoms with Crippen molar-refractivity contribution < 1.29 is 4.42 Å². The number of fused-ring (bicyclic) bond motifs is 5. The largest absolute Gasteiger partial charge is 0.455 e. The van der Waals surface area contributed by atoms with Crippen molar-refractivity contribution in [2.75, 3.05) is 0 Å². The maximum absolute atomic E-state index is 6.70. The van der Waals surface area contributed by atoms with Crippen LogP contribution in [0.3, 0.4) is 0 Å². The molecule has 0 saturated heterocycles. The molecule has 8 aromatic rings. The van der Waals surface area contributed by atoms with E-state index >= 15 is 0 Å². The summed E-state index contributed by atoms with van der Waals surface area (Å²) in [5, 5.41) is 4.48. The molecule has 6 aromatic carbocycles. The average molecular weight is 526 g/mol. The van der Waals surface area contributed by atoms with Gasteiger partial charge in [0.2, 0.25) is 0 Å². The molecule has 0 aliphatic heterocycles. The standard InChI is InChI=1S/C37H23N3O/c1-4-13-24(14-5-1)31-23-32-33(28-20-11-10-19-27(28)31)29-21-12-22-30(34(29)41-32)37-39-35(25-15-6-2-7-16-25)38-36(40-37)26-17-8-3-9-18-26/h1-23H. The van der Waals surface area contributed by atoms with Crippen LogP contribution in [-0.4, -0.2) is 15.0 Å². The molecular formula is C37H23N3O. The molecular weight excluding hydrogens is 502 g/mol. The molecule has 0 atom stereocenters. The number of hydrogen-bond acceptors (Lipinski definition) is 4. The van der Waals surface area contributed by atoms with Crippen molar-refractivity contribution in [1.29, 1.82) is 0 Å². The van der Waals surface area contributed by atoms with E-state index in [1.54, 1.807) is 0 Å². The molecule has 4 heteroatoms. The van der Waals surface area contributed by atoms with Gasteiger partial charge in [-0.25, -0.2) is 15.0 Å². The van der Waals surface area contributed by atoms with Gasteiger partial charge in [-0.3, -0.25) is 0 Å². The summed E-state index contributed by atoms with van der Waals surface area (Å²) in [5.41, 5.74) is 6.61. The van der Waals surface area contributed by atoms with Crippen LogP contribution in [0, 0.1) is 0 Å². The van der Waals surface area contributed by atoms with Crippen molar-refractivity contribution in [2.45, 2.75) is 0 Å². The third-order valence-corrected chi connectivity index (χ3v) is 7.53. The van der Waals surface area contributed by atoms with Crippen LogP contribution in [0.4, 0.5) is 0 Å². The zero-order valence-corrected chi connectivity index (χ0v) is 22.0. The lowest BCUT2D eigenvalue weighted by Crippen LogP contribution is -2.00. The van der Waals surface area contributed by atoms with E-state index in [-0.39, 0.29) is 0 Å². The van der Waals surface area contributed by atoms with Gasteiger partial charge in [-0.2, -0.15) is 0 Å². The Morgan fingerprint density at radius 2 is 0.902 bits per heavy atom. The highest BCUT2D eigenvalue weighted by molar-refractivity contribution is 6.23. The molecule has 0 spiro atoms. The van der Waals surface area contributed by atoms with E-state index in [9.17, 15) is 0 Å². The Morgan fingerprint density at radius 3 is 1.54 bits per heavy atom. The molecule has 0 amide bonds. The summed E-state index contributed by atoms with van der Waals surface area (Å²) in [5.74, 6) is 1.83. The summed E-state index contributed by atoms with van der Waals surface area (Å²) < 4.78 is 6.70. The Bertz CT molecular complexity index is 2130. The number of aromatic nitrogens is 3. The van der Waals surface area contributed by atoms with E-state index in [0.29, 0.717) is 17.5 Å². The first-order valence-electron chi connectivity index (χ1n) is 13.6. The van der Waals surface area contributed by atoms with Crippen molar-refractivity contribution in [3.05, 3.63) is 140 Å². The molecule has 8 rings (SSSR count). The Balaban J connectivity index is 1.41. The van der Waals surface area contributed by atoms with Gasteiger partial charge in [0.15, 0.2) is 17.5 Å². The number of nitrogens with zero attached hydrogens (tertiary/aromatic N) is 3. The van der Waals surface area contributed by atoms with Crippen molar-refractivity contribution in [2.24, 2.45) is 0 Å². The van der Waals surface area contributed by atoms with E-state index in [1.807, 2.05) is 72.8 Å². The van der Waals surface area contributed by atoms with Crippen LogP contribution in [-0.2, 0) is 0 Å². The SMILES string of the molecule is c1ccc(-c2nc(-c3ccccc3)nc(-c3cccc4c3oc3cc(-c5ccccc5)c5ccccc5c34)n2)cc1. The van der Waals surface area contributed by atoms with Gasteiger partial charge in [0, 0.05) is 21.9 Å². The summed E-state index contributed by atoms with van der Waals surface area (Å²) >= 11 is 0. The zero-order valence-electron chi connectivity index (χ0n) is 22.0. The summed E-state index contributed by atoms with van der Waals surface area (Å²) in [7, 11) is 0. The molecule has 0 saturated carbocycles. The second kappa shape index (κ2) is 9.54. The molecule has 0 bridgehead atoms. The van der Waals surface area contributed by atoms with Crippen LogP contribution >= 0.6 is 0 Å². The van der Waals surface area contributed by atoms with Crippen LogP contribution < -0.4 is 0 Å². The number of furan rings is 1. The van der Waals surface area contributed by atoms with E-state index in [1.165, 1.54) is 5.39 Å². The summed E-state index contributed by atoms with van der Waals surface area (Å²) in [6.45, 7) is 0. The Labute approximate surface area is 236 Å². The minimum absolute atomic E-state index is 0.579. The van der Waals surface area contributed by atoms with Gasteiger partial charge in [-0.15, -0.1) is 0 Å². The van der Waals surface area contributed by atoms with Gasteiger partial charge >= 0.3 is 0 Å². The van der Waals surface area contributed by atoms with Crippen molar-refractivity contribution in [3.63, 3.8) is 0 Å². The second-order valence-electron chi connectivity index (χ2n) is 10.0. The summed E-state index contributed by atoms with van der Waals surface area (Å²) in [6.07, 6.45) is 0. The zero-order chi connectivity index (χ0) is 27.2. The smallest absolute Gasteiger partial charge is 0.167 e. The lowest BCUT2D eigenvalue weighted by atomic mass is 9.95. The quantitative estimate of drug-likeness (QED) is 0.230. The van der Waals surface area contributed by atoms with Crippen molar-refractivity contribution >= 4 is 32.7 Å².